The second-order valence-electron chi connectivity index (χ2n) is 7.36. The van der Waals surface area contributed by atoms with E-state index in [0.717, 1.165) is 31.7 Å². The predicted octanol–water partition coefficient (Wildman–Crippen LogP) is 3.98. The average Bonchev–Trinajstić information content (AvgIpc) is 3.13. The molecule has 2 aromatic carbocycles. The summed E-state index contributed by atoms with van der Waals surface area (Å²) in [5.41, 5.74) is 6.29. The predicted molar refractivity (Wildman–Crippen MR) is 108 cm³/mol. The first-order chi connectivity index (χ1) is 13.1. The average molecular weight is 362 g/mol. The summed E-state index contributed by atoms with van der Waals surface area (Å²) in [5.74, 6) is 1.36. The van der Waals surface area contributed by atoms with E-state index in [1.54, 1.807) is 0 Å². The highest BCUT2D eigenvalue weighted by atomic mass is 16.5. The number of aryl methyl sites for hydroxylation is 2. The molecule has 0 bridgehead atoms. The summed E-state index contributed by atoms with van der Waals surface area (Å²) >= 11 is 0. The van der Waals surface area contributed by atoms with E-state index >= 15 is 0 Å². The van der Waals surface area contributed by atoms with Gasteiger partial charge in [-0.05, 0) is 44.0 Å². The van der Waals surface area contributed by atoms with E-state index in [1.807, 2.05) is 12.1 Å². The van der Waals surface area contributed by atoms with Crippen LogP contribution in [0, 0.1) is 20.8 Å². The lowest BCUT2D eigenvalue weighted by atomic mass is 10.1. The van der Waals surface area contributed by atoms with Crippen molar-refractivity contribution in [3.05, 3.63) is 65.0 Å². The zero-order valence-corrected chi connectivity index (χ0v) is 16.3. The Morgan fingerprint density at radius 2 is 1.74 bits per heavy atom. The van der Waals surface area contributed by atoms with Crippen LogP contribution in [0.15, 0.2) is 47.0 Å². The summed E-state index contributed by atoms with van der Waals surface area (Å²) in [6, 6.07) is 14.7. The third-order valence-corrected chi connectivity index (χ3v) is 5.39. The fraction of sp³-hybridized carbons (Fsp3) is 0.364. The van der Waals surface area contributed by atoms with Crippen molar-refractivity contribution in [1.29, 1.82) is 0 Å². The molecule has 0 saturated carbocycles. The Morgan fingerprint density at radius 3 is 2.52 bits per heavy atom. The topological polar surface area (TPSA) is 45.4 Å². The molecule has 0 amide bonds. The monoisotopic (exact) mass is 362 g/mol. The van der Waals surface area contributed by atoms with Crippen molar-refractivity contribution in [2.75, 3.05) is 31.1 Å². The molecule has 5 heteroatoms. The third kappa shape index (κ3) is 3.88. The van der Waals surface area contributed by atoms with Gasteiger partial charge in [0.1, 0.15) is 0 Å². The van der Waals surface area contributed by atoms with E-state index in [4.69, 9.17) is 4.52 Å². The van der Waals surface area contributed by atoms with Gasteiger partial charge < -0.3 is 9.42 Å². The van der Waals surface area contributed by atoms with Crippen LogP contribution in [0.2, 0.25) is 0 Å². The van der Waals surface area contributed by atoms with Crippen molar-refractivity contribution in [3.63, 3.8) is 0 Å². The molecule has 1 aliphatic heterocycles. The van der Waals surface area contributed by atoms with Crippen molar-refractivity contribution < 1.29 is 4.52 Å². The molecule has 0 N–H and O–H groups in total. The lowest BCUT2D eigenvalue weighted by Crippen LogP contribution is -2.46. The highest BCUT2D eigenvalue weighted by Gasteiger charge is 2.21. The Labute approximate surface area is 160 Å². The number of benzene rings is 2. The van der Waals surface area contributed by atoms with Gasteiger partial charge in [-0.2, -0.15) is 4.98 Å². The molecule has 140 valence electrons. The summed E-state index contributed by atoms with van der Waals surface area (Å²) in [4.78, 5) is 9.45. The second-order valence-corrected chi connectivity index (χ2v) is 7.36. The van der Waals surface area contributed by atoms with E-state index in [-0.39, 0.29) is 0 Å². The molecular formula is C22H26N4O. The van der Waals surface area contributed by atoms with E-state index < -0.39 is 0 Å². The van der Waals surface area contributed by atoms with Gasteiger partial charge in [-0.3, -0.25) is 4.90 Å². The number of nitrogens with zero attached hydrogens (tertiary/aromatic N) is 4. The summed E-state index contributed by atoms with van der Waals surface area (Å²) in [5, 5.41) is 4.15. The van der Waals surface area contributed by atoms with E-state index in [9.17, 15) is 0 Å². The Hall–Kier alpha value is -2.66. The first kappa shape index (κ1) is 17.7. The normalized spacial score (nSPS) is 15.3. The lowest BCUT2D eigenvalue weighted by molar-refractivity contribution is 0.215. The molecule has 3 aromatic rings. The number of anilines is 1. The van der Waals surface area contributed by atoms with Crippen molar-refractivity contribution in [1.82, 2.24) is 15.0 Å². The SMILES string of the molecule is Cc1cccc(-c2noc(CN3CCN(c4cccc(C)c4C)CC3)n2)c1. The minimum absolute atomic E-state index is 0.669. The smallest absolute Gasteiger partial charge is 0.241 e. The molecule has 0 radical (unpaired) electrons. The van der Waals surface area contributed by atoms with Crippen LogP contribution in [0.5, 0.6) is 0 Å². The maximum atomic E-state index is 5.49. The number of aromatic nitrogens is 2. The minimum Gasteiger partial charge on any atom is -0.369 e. The minimum atomic E-state index is 0.669. The molecule has 0 unspecified atom stereocenters. The van der Waals surface area contributed by atoms with Crippen LogP contribution in [0.4, 0.5) is 5.69 Å². The first-order valence-corrected chi connectivity index (χ1v) is 9.53. The summed E-state index contributed by atoms with van der Waals surface area (Å²) in [7, 11) is 0. The molecule has 0 aliphatic carbocycles. The van der Waals surface area contributed by atoms with Crippen molar-refractivity contribution in [2.24, 2.45) is 0 Å². The van der Waals surface area contributed by atoms with Gasteiger partial charge in [0, 0.05) is 37.4 Å². The third-order valence-electron chi connectivity index (χ3n) is 5.39. The summed E-state index contributed by atoms with van der Waals surface area (Å²) < 4.78 is 5.49. The molecule has 1 fully saturated rings. The molecule has 1 aromatic heterocycles. The van der Waals surface area contributed by atoms with E-state index in [2.05, 4.69) is 71.0 Å². The van der Waals surface area contributed by atoms with Gasteiger partial charge in [-0.25, -0.2) is 0 Å². The van der Waals surface area contributed by atoms with Crippen LogP contribution in [-0.4, -0.2) is 41.2 Å². The largest absolute Gasteiger partial charge is 0.369 e. The molecule has 27 heavy (non-hydrogen) atoms. The standard InChI is InChI=1S/C22H26N4O/c1-16-6-4-8-19(14-16)22-23-21(27-24-22)15-25-10-12-26(13-11-25)20-9-5-7-17(2)18(20)3/h4-9,14H,10-13,15H2,1-3H3. The van der Waals surface area contributed by atoms with Crippen molar-refractivity contribution in [2.45, 2.75) is 27.3 Å². The van der Waals surface area contributed by atoms with Gasteiger partial charge in [0.15, 0.2) is 0 Å². The number of piperazine rings is 1. The molecule has 0 atom stereocenters. The molecule has 1 aliphatic rings. The van der Waals surface area contributed by atoms with Crippen LogP contribution < -0.4 is 4.90 Å². The van der Waals surface area contributed by atoms with Crippen LogP contribution in [0.1, 0.15) is 22.6 Å². The van der Waals surface area contributed by atoms with E-state index in [0.29, 0.717) is 18.3 Å². The Kier molecular flexibility index (Phi) is 4.94. The molecular weight excluding hydrogens is 336 g/mol. The van der Waals surface area contributed by atoms with Crippen LogP contribution in [0.3, 0.4) is 0 Å². The zero-order chi connectivity index (χ0) is 18.8. The van der Waals surface area contributed by atoms with Crippen LogP contribution >= 0.6 is 0 Å². The highest BCUT2D eigenvalue weighted by molar-refractivity contribution is 5.56. The molecule has 1 saturated heterocycles. The second kappa shape index (κ2) is 7.53. The Bertz CT molecular complexity index is 926. The zero-order valence-electron chi connectivity index (χ0n) is 16.3. The van der Waals surface area contributed by atoms with Gasteiger partial charge in [-0.15, -0.1) is 0 Å². The molecule has 5 nitrogen and oxygen atoms in total. The summed E-state index contributed by atoms with van der Waals surface area (Å²) in [6.45, 7) is 11.2. The van der Waals surface area contributed by atoms with Gasteiger partial charge >= 0.3 is 0 Å². The van der Waals surface area contributed by atoms with Crippen LogP contribution in [-0.2, 0) is 6.54 Å². The van der Waals surface area contributed by atoms with Crippen LogP contribution in [0.25, 0.3) is 11.4 Å². The van der Waals surface area contributed by atoms with Gasteiger partial charge in [0.05, 0.1) is 6.54 Å². The lowest BCUT2D eigenvalue weighted by Gasteiger charge is -2.36. The van der Waals surface area contributed by atoms with Gasteiger partial charge in [0.2, 0.25) is 11.7 Å². The Balaban J connectivity index is 1.38. The molecule has 4 rings (SSSR count). The molecule has 2 heterocycles. The first-order valence-electron chi connectivity index (χ1n) is 9.53. The number of hydrogen-bond donors (Lipinski definition) is 0. The maximum Gasteiger partial charge on any atom is 0.241 e. The summed E-state index contributed by atoms with van der Waals surface area (Å²) in [6.07, 6.45) is 0. The van der Waals surface area contributed by atoms with Crippen molar-refractivity contribution >= 4 is 5.69 Å². The van der Waals surface area contributed by atoms with Gasteiger partial charge in [-0.1, -0.05) is 41.1 Å². The molecule has 0 spiro atoms. The Morgan fingerprint density at radius 1 is 0.963 bits per heavy atom. The fourth-order valence-corrected chi connectivity index (χ4v) is 3.64. The highest BCUT2D eigenvalue weighted by Crippen LogP contribution is 2.24. The van der Waals surface area contributed by atoms with Gasteiger partial charge in [0.25, 0.3) is 0 Å². The quantitative estimate of drug-likeness (QED) is 0.702. The van der Waals surface area contributed by atoms with E-state index in [1.165, 1.54) is 22.4 Å². The number of hydrogen-bond acceptors (Lipinski definition) is 5. The van der Waals surface area contributed by atoms with Crippen molar-refractivity contribution in [3.8, 4) is 11.4 Å². The number of rotatable bonds is 4. The fourth-order valence-electron chi connectivity index (χ4n) is 3.64. The maximum absolute atomic E-state index is 5.49.